The van der Waals surface area contributed by atoms with Crippen LogP contribution in [0.2, 0.25) is 5.02 Å². The quantitative estimate of drug-likeness (QED) is 0.268. The van der Waals surface area contributed by atoms with E-state index >= 15 is 0 Å². The summed E-state index contributed by atoms with van der Waals surface area (Å²) in [5.41, 5.74) is 1.56. The summed E-state index contributed by atoms with van der Waals surface area (Å²) in [5, 5.41) is 16.1. The van der Waals surface area contributed by atoms with Gasteiger partial charge in [-0.15, -0.1) is 0 Å². The lowest BCUT2D eigenvalue weighted by atomic mass is 10.1. The third kappa shape index (κ3) is 12.0. The Labute approximate surface area is 210 Å². The molecule has 1 aliphatic heterocycles. The highest BCUT2D eigenvalue weighted by atomic mass is 35.5. The number of hydrogen-bond acceptors (Lipinski definition) is 5. The Kier molecular flexibility index (Phi) is 17.3. The summed E-state index contributed by atoms with van der Waals surface area (Å²) in [5.74, 6) is 0. The van der Waals surface area contributed by atoms with Gasteiger partial charge in [0.1, 0.15) is 12.5 Å². The van der Waals surface area contributed by atoms with Crippen molar-refractivity contribution >= 4 is 29.6 Å². The molecular weight excluding hydrogens is 452 g/mol. The molecule has 0 radical (unpaired) electrons. The van der Waals surface area contributed by atoms with E-state index in [0.717, 1.165) is 31.1 Å². The molecule has 1 aromatic carbocycles. The van der Waals surface area contributed by atoms with Crippen molar-refractivity contribution in [3.63, 3.8) is 0 Å². The van der Waals surface area contributed by atoms with Gasteiger partial charge in [-0.25, -0.2) is 4.79 Å². The first kappa shape index (κ1) is 31.4. The van der Waals surface area contributed by atoms with Crippen LogP contribution >= 0.6 is 11.6 Å². The summed E-state index contributed by atoms with van der Waals surface area (Å²) in [7, 11) is 5.54. The monoisotopic (exact) mass is 492 g/mol. The average Bonchev–Trinajstić information content (AvgIpc) is 3.33. The Morgan fingerprint density at radius 3 is 2.47 bits per heavy atom. The number of rotatable bonds is 8. The number of allylic oxidation sites excluding steroid dienone is 3. The topological polar surface area (TPSA) is 84.9 Å². The summed E-state index contributed by atoms with van der Waals surface area (Å²) in [6, 6.07) is 6.35. The van der Waals surface area contributed by atoms with E-state index in [1.165, 1.54) is 0 Å². The molecule has 190 valence electrons. The van der Waals surface area contributed by atoms with Crippen molar-refractivity contribution in [1.29, 1.82) is 0 Å². The normalized spacial score (nSPS) is 16.6. The number of likely N-dealkylation sites (tertiary alicyclic amines) is 1. The number of carbonyl (C=O) groups is 2. The SMILES string of the molecule is CC.CC\C=C/C(=C\C=C\NC)C(O)N(C)C.O=C[C@H]1CCCN1C(=O)Nc1ccc(Cl)cc1. The van der Waals surface area contributed by atoms with Gasteiger partial charge in [0.05, 0.1) is 6.04 Å². The van der Waals surface area contributed by atoms with E-state index in [-0.39, 0.29) is 12.1 Å². The van der Waals surface area contributed by atoms with Crippen LogP contribution < -0.4 is 10.6 Å². The Bertz CT molecular complexity index is 792. The van der Waals surface area contributed by atoms with Crippen LogP contribution in [0.4, 0.5) is 10.5 Å². The van der Waals surface area contributed by atoms with Crippen molar-refractivity contribution in [2.45, 2.75) is 52.3 Å². The molecule has 0 saturated carbocycles. The molecule has 0 spiro atoms. The van der Waals surface area contributed by atoms with Crippen LogP contribution in [0, 0.1) is 0 Å². The van der Waals surface area contributed by atoms with Gasteiger partial charge in [0.15, 0.2) is 0 Å². The second-order valence-corrected chi connectivity index (χ2v) is 7.87. The minimum absolute atomic E-state index is 0.234. The maximum Gasteiger partial charge on any atom is 0.322 e. The van der Waals surface area contributed by atoms with Gasteiger partial charge in [-0.3, -0.25) is 4.90 Å². The molecule has 2 amide bonds. The van der Waals surface area contributed by atoms with Gasteiger partial charge >= 0.3 is 6.03 Å². The zero-order valence-electron chi connectivity index (χ0n) is 21.3. The van der Waals surface area contributed by atoms with Crippen LogP contribution in [0.3, 0.4) is 0 Å². The molecular formula is C26H41ClN4O3. The number of aldehydes is 1. The Balaban J connectivity index is 0.000000603. The van der Waals surface area contributed by atoms with E-state index in [9.17, 15) is 14.7 Å². The zero-order valence-corrected chi connectivity index (χ0v) is 22.0. The van der Waals surface area contributed by atoms with Crippen LogP contribution in [-0.4, -0.2) is 67.2 Å². The Morgan fingerprint density at radius 1 is 1.29 bits per heavy atom. The number of aliphatic hydroxyl groups excluding tert-OH is 1. The predicted octanol–water partition coefficient (Wildman–Crippen LogP) is 5.05. The van der Waals surface area contributed by atoms with Gasteiger partial charge < -0.3 is 25.4 Å². The van der Waals surface area contributed by atoms with E-state index in [2.05, 4.69) is 17.6 Å². The molecule has 2 rings (SSSR count). The lowest BCUT2D eigenvalue weighted by Crippen LogP contribution is -2.39. The molecule has 0 aromatic heterocycles. The molecule has 2 atom stereocenters. The van der Waals surface area contributed by atoms with Gasteiger partial charge in [-0.1, -0.05) is 50.6 Å². The van der Waals surface area contributed by atoms with Crippen molar-refractivity contribution in [3.05, 3.63) is 65.4 Å². The number of amides is 2. The zero-order chi connectivity index (χ0) is 25.9. The molecule has 1 fully saturated rings. The Morgan fingerprint density at radius 2 is 1.94 bits per heavy atom. The highest BCUT2D eigenvalue weighted by Gasteiger charge is 2.28. The molecule has 8 heteroatoms. The molecule has 1 saturated heterocycles. The fraction of sp³-hybridized carbons (Fsp3) is 0.462. The minimum Gasteiger partial charge on any atom is -0.394 e. The highest BCUT2D eigenvalue weighted by molar-refractivity contribution is 6.30. The largest absolute Gasteiger partial charge is 0.394 e. The number of nitrogens with zero attached hydrogens (tertiary/aromatic N) is 2. The molecule has 7 nitrogen and oxygen atoms in total. The molecule has 0 aliphatic carbocycles. The van der Waals surface area contributed by atoms with Crippen molar-refractivity contribution in [3.8, 4) is 0 Å². The summed E-state index contributed by atoms with van der Waals surface area (Å²) < 4.78 is 0. The minimum atomic E-state index is -0.561. The van der Waals surface area contributed by atoms with E-state index in [4.69, 9.17) is 11.6 Å². The number of halogens is 1. The average molecular weight is 493 g/mol. The van der Waals surface area contributed by atoms with Gasteiger partial charge in [0, 0.05) is 24.3 Å². The number of aliphatic hydroxyl groups is 1. The van der Waals surface area contributed by atoms with Crippen LogP contribution in [0.15, 0.2) is 60.3 Å². The first-order chi connectivity index (χ1) is 16.3. The summed E-state index contributed by atoms with van der Waals surface area (Å²) in [6.45, 7) is 6.70. The first-order valence-corrected chi connectivity index (χ1v) is 12.0. The smallest absolute Gasteiger partial charge is 0.322 e. The van der Waals surface area contributed by atoms with E-state index in [1.54, 1.807) is 34.1 Å². The van der Waals surface area contributed by atoms with E-state index in [1.807, 2.05) is 65.5 Å². The van der Waals surface area contributed by atoms with Gasteiger partial charge in [-0.05, 0) is 75.5 Å². The van der Waals surface area contributed by atoms with Gasteiger partial charge in [0.25, 0.3) is 0 Å². The maximum absolute atomic E-state index is 11.9. The fourth-order valence-electron chi connectivity index (χ4n) is 2.95. The molecule has 0 bridgehead atoms. The first-order valence-electron chi connectivity index (χ1n) is 11.7. The highest BCUT2D eigenvalue weighted by Crippen LogP contribution is 2.18. The van der Waals surface area contributed by atoms with Crippen LogP contribution in [0.1, 0.15) is 40.0 Å². The summed E-state index contributed by atoms with van der Waals surface area (Å²) in [4.78, 5) is 26.0. The third-order valence-corrected chi connectivity index (χ3v) is 4.95. The second kappa shape index (κ2) is 18.8. The molecule has 1 unspecified atom stereocenters. The lowest BCUT2D eigenvalue weighted by molar-refractivity contribution is -0.110. The molecule has 34 heavy (non-hydrogen) atoms. The number of anilines is 1. The number of nitrogens with one attached hydrogen (secondary N) is 2. The number of carbonyl (C=O) groups excluding carboxylic acids is 2. The van der Waals surface area contributed by atoms with Crippen molar-refractivity contribution in [2.75, 3.05) is 33.0 Å². The molecule has 3 N–H and O–H groups in total. The summed E-state index contributed by atoms with van der Waals surface area (Å²) in [6.07, 6.45) is 12.4. The summed E-state index contributed by atoms with van der Waals surface area (Å²) >= 11 is 5.75. The fourth-order valence-corrected chi connectivity index (χ4v) is 3.08. The van der Waals surface area contributed by atoms with E-state index in [0.29, 0.717) is 17.3 Å². The standard InChI is InChI=1S/C12H13ClN2O2.C12H22N2O.C2H6/c13-9-3-5-10(6-4-9)14-12(17)15-7-1-2-11(15)8-16;1-5-6-8-11(9-7-10-13-2)12(15)14(3)4;1-2/h3-6,8,11H,1-2,7H2,(H,14,17);6-10,12-13,15H,5H2,1-4H3;1-2H3/b;8-6-,10-7+,11-9+;/t11-;;/m1../s1. The third-order valence-electron chi connectivity index (χ3n) is 4.70. The number of urea groups is 1. The van der Waals surface area contributed by atoms with Crippen LogP contribution in [0.5, 0.6) is 0 Å². The van der Waals surface area contributed by atoms with Crippen LogP contribution in [-0.2, 0) is 4.79 Å². The second-order valence-electron chi connectivity index (χ2n) is 7.44. The molecule has 1 heterocycles. The number of hydrogen-bond donors (Lipinski definition) is 3. The van der Waals surface area contributed by atoms with Gasteiger partial charge in [-0.2, -0.15) is 0 Å². The predicted molar refractivity (Wildman–Crippen MR) is 143 cm³/mol. The molecule has 1 aromatic rings. The van der Waals surface area contributed by atoms with Gasteiger partial charge in [0.2, 0.25) is 0 Å². The lowest BCUT2D eigenvalue weighted by Gasteiger charge is -2.20. The maximum atomic E-state index is 11.9. The van der Waals surface area contributed by atoms with E-state index < -0.39 is 6.23 Å². The van der Waals surface area contributed by atoms with Crippen molar-refractivity contribution in [1.82, 2.24) is 15.1 Å². The Hall–Kier alpha value is -2.61. The van der Waals surface area contributed by atoms with Crippen molar-refractivity contribution < 1.29 is 14.7 Å². The van der Waals surface area contributed by atoms with Crippen molar-refractivity contribution in [2.24, 2.45) is 0 Å². The number of benzene rings is 1. The molecule has 1 aliphatic rings. The van der Waals surface area contributed by atoms with Crippen LogP contribution in [0.25, 0.3) is 0 Å². The number of likely N-dealkylation sites (N-methyl/N-ethyl adjacent to an activating group) is 1.